The second-order valence-electron chi connectivity index (χ2n) is 5.97. The van der Waals surface area contributed by atoms with Gasteiger partial charge in [-0.05, 0) is 49.4 Å². The summed E-state index contributed by atoms with van der Waals surface area (Å²) in [5.74, 6) is -0.413. The van der Waals surface area contributed by atoms with Gasteiger partial charge in [0.05, 0.1) is 10.5 Å². The van der Waals surface area contributed by atoms with Crippen LogP contribution in [0.2, 0.25) is 5.02 Å². The number of nitro benzene ring substituents is 1. The van der Waals surface area contributed by atoms with Gasteiger partial charge in [0, 0.05) is 16.8 Å². The molecule has 1 amide bonds. The van der Waals surface area contributed by atoms with Gasteiger partial charge in [0.15, 0.2) is 0 Å². The number of ether oxygens (including phenoxy) is 1. The second kappa shape index (κ2) is 7.98. The summed E-state index contributed by atoms with van der Waals surface area (Å²) in [4.78, 5) is 23.2. The molecule has 28 heavy (non-hydrogen) atoms. The third-order valence-corrected chi connectivity index (χ3v) is 4.10. The highest BCUT2D eigenvalue weighted by molar-refractivity contribution is 6.31. The first kappa shape index (κ1) is 19.2. The van der Waals surface area contributed by atoms with E-state index in [1.165, 1.54) is 36.4 Å². The van der Waals surface area contributed by atoms with Crippen molar-refractivity contribution in [3.05, 3.63) is 86.9 Å². The van der Waals surface area contributed by atoms with Gasteiger partial charge in [-0.25, -0.2) is 0 Å². The van der Waals surface area contributed by atoms with Gasteiger partial charge in [0.1, 0.15) is 11.5 Å². The van der Waals surface area contributed by atoms with E-state index in [1.54, 1.807) is 12.1 Å². The van der Waals surface area contributed by atoms with Crippen molar-refractivity contribution in [2.24, 2.45) is 0 Å². The molecule has 0 aromatic heterocycles. The van der Waals surface area contributed by atoms with E-state index in [0.29, 0.717) is 5.75 Å². The SMILES string of the molecule is Cc1ccc(Oc2ccc(NC(=O)c3cc(Cl)ccc3O)cc2[N+](=O)[O-])cc1. The van der Waals surface area contributed by atoms with E-state index in [9.17, 15) is 20.0 Å². The summed E-state index contributed by atoms with van der Waals surface area (Å²) < 4.78 is 5.59. The first-order valence-corrected chi connectivity index (χ1v) is 8.54. The highest BCUT2D eigenvalue weighted by Gasteiger charge is 2.19. The number of aryl methyl sites for hydroxylation is 1. The Morgan fingerprint density at radius 3 is 2.50 bits per heavy atom. The van der Waals surface area contributed by atoms with Crippen molar-refractivity contribution in [2.45, 2.75) is 6.92 Å². The van der Waals surface area contributed by atoms with Crippen molar-refractivity contribution < 1.29 is 19.6 Å². The maximum atomic E-state index is 12.3. The largest absolute Gasteiger partial charge is 0.507 e. The fourth-order valence-corrected chi connectivity index (χ4v) is 2.62. The number of nitrogens with zero attached hydrogens (tertiary/aromatic N) is 1. The van der Waals surface area contributed by atoms with Crippen LogP contribution in [-0.4, -0.2) is 15.9 Å². The number of anilines is 1. The van der Waals surface area contributed by atoms with Gasteiger partial charge in [-0.2, -0.15) is 0 Å². The van der Waals surface area contributed by atoms with Crippen molar-refractivity contribution in [3.8, 4) is 17.2 Å². The van der Waals surface area contributed by atoms with Crippen LogP contribution in [0.25, 0.3) is 0 Å². The molecule has 0 unspecified atom stereocenters. The molecular formula is C20H15ClN2O5. The lowest BCUT2D eigenvalue weighted by molar-refractivity contribution is -0.385. The van der Waals surface area contributed by atoms with Crippen molar-refractivity contribution in [1.29, 1.82) is 0 Å². The molecule has 3 aromatic rings. The Morgan fingerprint density at radius 2 is 1.82 bits per heavy atom. The van der Waals surface area contributed by atoms with Crippen LogP contribution in [-0.2, 0) is 0 Å². The maximum absolute atomic E-state index is 12.3. The lowest BCUT2D eigenvalue weighted by Gasteiger charge is -2.10. The van der Waals surface area contributed by atoms with E-state index < -0.39 is 10.8 Å². The van der Waals surface area contributed by atoms with Gasteiger partial charge >= 0.3 is 5.69 Å². The number of phenolic OH excluding ortho intramolecular Hbond substituents is 1. The predicted molar refractivity (Wildman–Crippen MR) is 105 cm³/mol. The van der Waals surface area contributed by atoms with E-state index in [1.807, 2.05) is 19.1 Å². The summed E-state index contributed by atoms with van der Waals surface area (Å²) in [6.07, 6.45) is 0. The van der Waals surface area contributed by atoms with E-state index in [2.05, 4.69) is 5.32 Å². The van der Waals surface area contributed by atoms with Crippen molar-refractivity contribution in [3.63, 3.8) is 0 Å². The number of benzene rings is 3. The third-order valence-electron chi connectivity index (χ3n) is 3.87. The highest BCUT2D eigenvalue weighted by Crippen LogP contribution is 2.34. The van der Waals surface area contributed by atoms with Crippen LogP contribution < -0.4 is 10.1 Å². The van der Waals surface area contributed by atoms with Crippen molar-refractivity contribution >= 4 is 28.9 Å². The fourth-order valence-electron chi connectivity index (χ4n) is 2.45. The smallest absolute Gasteiger partial charge is 0.313 e. The number of hydrogen-bond acceptors (Lipinski definition) is 5. The maximum Gasteiger partial charge on any atom is 0.313 e. The van der Waals surface area contributed by atoms with Crippen LogP contribution in [0.4, 0.5) is 11.4 Å². The van der Waals surface area contributed by atoms with E-state index >= 15 is 0 Å². The Labute approximate surface area is 165 Å². The summed E-state index contributed by atoms with van der Waals surface area (Å²) in [7, 11) is 0. The lowest BCUT2D eigenvalue weighted by atomic mass is 10.1. The number of phenols is 1. The average molecular weight is 399 g/mol. The minimum atomic E-state index is -0.651. The molecule has 0 atom stereocenters. The van der Waals surface area contributed by atoms with Crippen LogP contribution in [0.1, 0.15) is 15.9 Å². The number of hydrogen-bond donors (Lipinski definition) is 2. The minimum absolute atomic E-state index is 0.0393. The minimum Gasteiger partial charge on any atom is -0.507 e. The van der Waals surface area contributed by atoms with Crippen LogP contribution in [0.5, 0.6) is 17.2 Å². The van der Waals surface area contributed by atoms with Crippen LogP contribution in [0.15, 0.2) is 60.7 Å². The molecule has 0 aliphatic heterocycles. The van der Waals surface area contributed by atoms with E-state index in [-0.39, 0.29) is 33.5 Å². The standard InChI is InChI=1S/C20H15ClN2O5/c1-12-2-6-15(7-3-12)28-19-9-5-14(11-17(19)23(26)27)22-20(25)16-10-13(21)4-8-18(16)24/h2-11,24H,1H3,(H,22,25). The number of nitrogens with one attached hydrogen (secondary N) is 1. The quantitative estimate of drug-likeness (QED) is 0.448. The normalized spacial score (nSPS) is 10.4. The molecule has 0 saturated carbocycles. The molecule has 0 fully saturated rings. The fraction of sp³-hybridized carbons (Fsp3) is 0.0500. The number of halogens is 1. The van der Waals surface area contributed by atoms with Gasteiger partial charge in [-0.15, -0.1) is 0 Å². The summed E-state index contributed by atoms with van der Waals surface area (Å²) in [6, 6.07) is 15.1. The molecule has 0 aliphatic carbocycles. The molecule has 0 aliphatic rings. The monoisotopic (exact) mass is 398 g/mol. The molecule has 0 radical (unpaired) electrons. The summed E-state index contributed by atoms with van der Waals surface area (Å²) >= 11 is 5.84. The summed E-state index contributed by atoms with van der Waals surface area (Å²) in [6.45, 7) is 1.92. The average Bonchev–Trinajstić information content (AvgIpc) is 2.66. The zero-order valence-corrected chi connectivity index (χ0v) is 15.4. The van der Waals surface area contributed by atoms with Gasteiger partial charge in [0.2, 0.25) is 5.75 Å². The number of carbonyl (C=O) groups is 1. The topological polar surface area (TPSA) is 102 Å². The van der Waals surface area contributed by atoms with Gasteiger partial charge in [-0.3, -0.25) is 14.9 Å². The third kappa shape index (κ3) is 4.39. The Morgan fingerprint density at radius 1 is 1.11 bits per heavy atom. The lowest BCUT2D eigenvalue weighted by Crippen LogP contribution is -2.12. The van der Waals surface area contributed by atoms with Crippen LogP contribution in [0.3, 0.4) is 0 Å². The van der Waals surface area contributed by atoms with Crippen LogP contribution >= 0.6 is 11.6 Å². The van der Waals surface area contributed by atoms with Gasteiger partial charge in [-0.1, -0.05) is 29.3 Å². The Bertz CT molecular complexity index is 1050. The van der Waals surface area contributed by atoms with E-state index in [4.69, 9.17) is 16.3 Å². The summed E-state index contributed by atoms with van der Waals surface area (Å²) in [5, 5.41) is 24.0. The van der Waals surface area contributed by atoms with Crippen molar-refractivity contribution in [1.82, 2.24) is 0 Å². The molecule has 0 spiro atoms. The second-order valence-corrected chi connectivity index (χ2v) is 6.41. The van der Waals surface area contributed by atoms with Gasteiger partial charge in [0.25, 0.3) is 5.91 Å². The zero-order valence-electron chi connectivity index (χ0n) is 14.7. The Hall–Kier alpha value is -3.58. The summed E-state index contributed by atoms with van der Waals surface area (Å²) in [5.41, 5.74) is 0.848. The Balaban J connectivity index is 1.86. The zero-order chi connectivity index (χ0) is 20.3. The van der Waals surface area contributed by atoms with Crippen molar-refractivity contribution in [2.75, 3.05) is 5.32 Å². The highest BCUT2D eigenvalue weighted by atomic mass is 35.5. The predicted octanol–water partition coefficient (Wildman–Crippen LogP) is 5.31. The number of carbonyl (C=O) groups excluding carboxylic acids is 1. The van der Waals surface area contributed by atoms with E-state index in [0.717, 1.165) is 5.56 Å². The molecule has 3 rings (SSSR count). The number of amides is 1. The molecule has 0 saturated heterocycles. The molecule has 3 aromatic carbocycles. The van der Waals surface area contributed by atoms with Crippen LogP contribution in [0, 0.1) is 17.0 Å². The first-order chi connectivity index (χ1) is 13.3. The molecule has 7 nitrogen and oxygen atoms in total. The number of nitro groups is 1. The molecular weight excluding hydrogens is 384 g/mol. The Kier molecular flexibility index (Phi) is 5.47. The number of rotatable bonds is 5. The van der Waals surface area contributed by atoms with Gasteiger partial charge < -0.3 is 15.2 Å². The molecule has 8 heteroatoms. The first-order valence-electron chi connectivity index (χ1n) is 8.16. The molecule has 142 valence electrons. The number of aromatic hydroxyl groups is 1. The molecule has 0 heterocycles. The molecule has 0 bridgehead atoms. The molecule has 2 N–H and O–H groups in total.